The van der Waals surface area contributed by atoms with Crippen LogP contribution in [-0.2, 0) is 4.74 Å². The second kappa shape index (κ2) is 9.88. The molecular formula is C8H19NO4. The van der Waals surface area contributed by atoms with Gasteiger partial charge in [0.15, 0.2) is 0 Å². The summed E-state index contributed by atoms with van der Waals surface area (Å²) < 4.78 is 5.22. The first-order valence-corrected chi connectivity index (χ1v) is 4.50. The number of aliphatic hydroxyl groups excluding tert-OH is 3. The predicted molar refractivity (Wildman–Crippen MR) is 48.5 cm³/mol. The first-order valence-electron chi connectivity index (χ1n) is 4.50. The van der Waals surface area contributed by atoms with Crippen LogP contribution in [0.4, 0.5) is 0 Å². The minimum Gasteiger partial charge on any atom is -0.396 e. The van der Waals surface area contributed by atoms with Crippen LogP contribution in [0.25, 0.3) is 0 Å². The van der Waals surface area contributed by atoms with Gasteiger partial charge in [0.25, 0.3) is 0 Å². The Hall–Kier alpha value is -0.200. The zero-order chi connectivity index (χ0) is 9.94. The molecule has 0 heterocycles. The molecule has 1 atom stereocenters. The van der Waals surface area contributed by atoms with Crippen LogP contribution in [0.5, 0.6) is 0 Å². The van der Waals surface area contributed by atoms with Crippen LogP contribution in [-0.4, -0.2) is 60.9 Å². The Morgan fingerprint density at radius 1 is 1.08 bits per heavy atom. The molecule has 5 heteroatoms. The largest absolute Gasteiger partial charge is 0.396 e. The summed E-state index contributed by atoms with van der Waals surface area (Å²) in [4.78, 5) is 0. The molecule has 0 aliphatic rings. The molecule has 13 heavy (non-hydrogen) atoms. The van der Waals surface area contributed by atoms with E-state index in [0.717, 1.165) is 0 Å². The van der Waals surface area contributed by atoms with Crippen LogP contribution >= 0.6 is 0 Å². The van der Waals surface area contributed by atoms with Crippen molar-refractivity contribution in [3.63, 3.8) is 0 Å². The minimum atomic E-state index is -0.0938. The van der Waals surface area contributed by atoms with Crippen molar-refractivity contribution in [3.05, 3.63) is 0 Å². The fourth-order valence-electron chi connectivity index (χ4n) is 0.950. The maximum absolute atomic E-state index is 8.67. The molecule has 0 aliphatic carbocycles. The molecule has 5 nitrogen and oxygen atoms in total. The van der Waals surface area contributed by atoms with Gasteiger partial charge >= 0.3 is 0 Å². The minimum absolute atomic E-state index is 0.0120. The van der Waals surface area contributed by atoms with Gasteiger partial charge in [0.1, 0.15) is 0 Å². The highest BCUT2D eigenvalue weighted by atomic mass is 16.5. The smallest absolute Gasteiger partial charge is 0.0722 e. The zero-order valence-corrected chi connectivity index (χ0v) is 7.78. The van der Waals surface area contributed by atoms with Gasteiger partial charge in [-0.2, -0.15) is 0 Å². The summed E-state index contributed by atoms with van der Waals surface area (Å²) in [7, 11) is 0. The molecule has 1 unspecified atom stereocenters. The lowest BCUT2D eigenvalue weighted by atomic mass is 10.2. The van der Waals surface area contributed by atoms with Gasteiger partial charge in [-0.1, -0.05) is 0 Å². The lowest BCUT2D eigenvalue weighted by molar-refractivity contribution is 0.0155. The Balaban J connectivity index is 3.41. The molecule has 0 aromatic heterocycles. The fraction of sp³-hybridized carbons (Fsp3) is 1.00. The van der Waals surface area contributed by atoms with Crippen LogP contribution in [0.15, 0.2) is 0 Å². The van der Waals surface area contributed by atoms with Crippen LogP contribution in [0.3, 0.4) is 0 Å². The van der Waals surface area contributed by atoms with E-state index in [1.54, 1.807) is 0 Å². The molecule has 0 radical (unpaired) electrons. The van der Waals surface area contributed by atoms with Gasteiger partial charge in [-0.15, -0.1) is 0 Å². The van der Waals surface area contributed by atoms with E-state index in [9.17, 15) is 0 Å². The molecule has 0 spiro atoms. The van der Waals surface area contributed by atoms with Crippen LogP contribution < -0.4 is 5.32 Å². The van der Waals surface area contributed by atoms with E-state index < -0.39 is 0 Å². The zero-order valence-electron chi connectivity index (χ0n) is 7.78. The summed E-state index contributed by atoms with van der Waals surface area (Å²) in [5, 5.41) is 28.6. The Bertz CT molecular complexity index is 102. The summed E-state index contributed by atoms with van der Waals surface area (Å²) in [5.74, 6) is 0. The number of nitrogens with one attached hydrogen (secondary N) is 1. The average Bonchev–Trinajstić information content (AvgIpc) is 2.14. The Morgan fingerprint density at radius 2 is 1.85 bits per heavy atom. The lowest BCUT2D eigenvalue weighted by Gasteiger charge is -2.16. The molecule has 0 saturated heterocycles. The number of ether oxygens (including phenoxy) is 1. The van der Waals surface area contributed by atoms with E-state index in [0.29, 0.717) is 19.5 Å². The van der Waals surface area contributed by atoms with Crippen molar-refractivity contribution in [2.75, 3.05) is 39.5 Å². The number of hydrogen-bond donors (Lipinski definition) is 4. The Kier molecular flexibility index (Phi) is 9.73. The quantitative estimate of drug-likeness (QED) is 0.329. The van der Waals surface area contributed by atoms with Crippen LogP contribution in [0.2, 0.25) is 0 Å². The van der Waals surface area contributed by atoms with Crippen LogP contribution in [0, 0.1) is 0 Å². The first-order chi connectivity index (χ1) is 6.35. The van der Waals surface area contributed by atoms with Crippen molar-refractivity contribution in [1.82, 2.24) is 5.32 Å². The Labute approximate surface area is 78.3 Å². The maximum Gasteiger partial charge on any atom is 0.0722 e. The monoisotopic (exact) mass is 193 g/mol. The van der Waals surface area contributed by atoms with Gasteiger partial charge in [0, 0.05) is 19.7 Å². The van der Waals surface area contributed by atoms with Crippen molar-refractivity contribution >= 4 is 0 Å². The van der Waals surface area contributed by atoms with Crippen molar-refractivity contribution in [1.29, 1.82) is 0 Å². The molecular weight excluding hydrogens is 174 g/mol. The van der Waals surface area contributed by atoms with Crippen molar-refractivity contribution in [3.8, 4) is 0 Å². The van der Waals surface area contributed by atoms with E-state index in [1.807, 2.05) is 0 Å². The highest BCUT2D eigenvalue weighted by Gasteiger charge is 2.06. The van der Waals surface area contributed by atoms with Crippen molar-refractivity contribution < 1.29 is 20.1 Å². The van der Waals surface area contributed by atoms with Crippen molar-refractivity contribution in [2.45, 2.75) is 12.5 Å². The molecule has 4 N–H and O–H groups in total. The standard InChI is InChI=1S/C8H19NO4/c10-3-1-8(13-6-5-12)7-9-2-4-11/h8-12H,1-7H2. The van der Waals surface area contributed by atoms with Gasteiger partial charge in [-0.25, -0.2) is 0 Å². The van der Waals surface area contributed by atoms with E-state index >= 15 is 0 Å². The van der Waals surface area contributed by atoms with Crippen LogP contribution in [0.1, 0.15) is 6.42 Å². The Morgan fingerprint density at radius 3 is 2.38 bits per heavy atom. The summed E-state index contributed by atoms with van der Waals surface area (Å²) in [6.45, 7) is 1.53. The second-order valence-electron chi connectivity index (χ2n) is 2.66. The number of aliphatic hydroxyl groups is 3. The summed E-state index contributed by atoms with van der Waals surface area (Å²) in [5.41, 5.74) is 0. The van der Waals surface area contributed by atoms with Gasteiger partial charge in [-0.05, 0) is 6.42 Å². The highest BCUT2D eigenvalue weighted by molar-refractivity contribution is 4.61. The maximum atomic E-state index is 8.67. The van der Waals surface area contributed by atoms with Gasteiger partial charge in [-0.3, -0.25) is 0 Å². The van der Waals surface area contributed by atoms with E-state index in [4.69, 9.17) is 20.1 Å². The molecule has 0 aromatic rings. The first kappa shape index (κ1) is 12.8. The number of hydrogen-bond acceptors (Lipinski definition) is 5. The van der Waals surface area contributed by atoms with E-state index in [1.165, 1.54) is 0 Å². The topological polar surface area (TPSA) is 82.0 Å². The lowest BCUT2D eigenvalue weighted by Crippen LogP contribution is -2.32. The predicted octanol–water partition coefficient (Wildman–Crippen LogP) is -1.67. The second-order valence-corrected chi connectivity index (χ2v) is 2.66. The molecule has 0 bridgehead atoms. The average molecular weight is 193 g/mol. The molecule has 0 rings (SSSR count). The third-order valence-electron chi connectivity index (χ3n) is 1.56. The van der Waals surface area contributed by atoms with E-state index in [2.05, 4.69) is 5.32 Å². The third-order valence-corrected chi connectivity index (χ3v) is 1.56. The van der Waals surface area contributed by atoms with Crippen molar-refractivity contribution in [2.24, 2.45) is 0 Å². The molecule has 0 saturated carbocycles. The molecule has 0 aromatic carbocycles. The molecule has 0 aliphatic heterocycles. The summed E-state index contributed by atoms with van der Waals surface area (Å²) in [6, 6.07) is 0. The third kappa shape index (κ3) is 8.14. The fourth-order valence-corrected chi connectivity index (χ4v) is 0.950. The van der Waals surface area contributed by atoms with Gasteiger partial charge < -0.3 is 25.4 Å². The van der Waals surface area contributed by atoms with Gasteiger partial charge in [0.05, 0.1) is 25.9 Å². The normalized spacial score (nSPS) is 13.2. The molecule has 0 fully saturated rings. The molecule has 80 valence electrons. The summed E-state index contributed by atoms with van der Waals surface area (Å²) >= 11 is 0. The SMILES string of the molecule is OCCNCC(CCO)OCCO. The molecule has 0 amide bonds. The highest BCUT2D eigenvalue weighted by Crippen LogP contribution is 1.95. The van der Waals surface area contributed by atoms with Gasteiger partial charge in [0.2, 0.25) is 0 Å². The van der Waals surface area contributed by atoms with E-state index in [-0.39, 0.29) is 32.5 Å². The summed E-state index contributed by atoms with van der Waals surface area (Å²) in [6.07, 6.45) is 0.446. The number of rotatable bonds is 9.